The van der Waals surface area contributed by atoms with Gasteiger partial charge >= 0.3 is 28.2 Å². The molecule has 0 spiro atoms. The van der Waals surface area contributed by atoms with Gasteiger partial charge in [-0.2, -0.15) is 0 Å². The molecular weight excluding hydrogens is 453 g/mol. The van der Waals surface area contributed by atoms with Crippen LogP contribution in [0.2, 0.25) is 0 Å². The van der Waals surface area contributed by atoms with Gasteiger partial charge < -0.3 is 0 Å². The Kier molecular flexibility index (Phi) is 5.84. The topological polar surface area (TPSA) is 38.7 Å². The zero-order chi connectivity index (χ0) is 14.2. The fourth-order valence-electron chi connectivity index (χ4n) is 1.84. The molecule has 0 saturated carbocycles. The van der Waals surface area contributed by atoms with Gasteiger partial charge in [0.15, 0.2) is 0 Å². The minimum Gasteiger partial charge on any atom is -0.256 e. The third kappa shape index (κ3) is 3.50. The third-order valence-corrected chi connectivity index (χ3v) is 2.66. The normalized spacial score (nSPS) is 9.55. The Morgan fingerprint density at radius 1 is 0.650 bits per heavy atom. The van der Waals surface area contributed by atoms with E-state index < -0.39 is 0 Å². The molecule has 3 aromatic heterocycles. The van der Waals surface area contributed by atoms with Crippen LogP contribution in [0.3, 0.4) is 0 Å². The summed E-state index contributed by atoms with van der Waals surface area (Å²) in [7, 11) is 4.61. The van der Waals surface area contributed by atoms with Crippen molar-refractivity contribution in [2.24, 2.45) is 0 Å². The maximum Gasteiger partial charge on any atom is 0.0980 e. The van der Waals surface area contributed by atoms with Crippen LogP contribution in [0.15, 0.2) is 67.1 Å². The van der Waals surface area contributed by atoms with Gasteiger partial charge in [0.1, 0.15) is 0 Å². The summed E-state index contributed by atoms with van der Waals surface area (Å²) in [5.41, 5.74) is 3.62. The summed E-state index contributed by atoms with van der Waals surface area (Å²) >= 11 is 1.61. The van der Waals surface area contributed by atoms with E-state index in [-0.39, 0.29) is 0 Å². The minimum atomic E-state index is 0.858. The predicted octanol–water partition coefficient (Wildman–Crippen LogP) is 3.89. The third-order valence-electron chi connectivity index (χ3n) is 2.66. The average Bonchev–Trinajstić information content (AvgIpc) is 2.58. The second-order valence-corrected chi connectivity index (χ2v) is 3.83. The van der Waals surface area contributed by atoms with Crippen LogP contribution in [0, 0.1) is 0 Å². The molecule has 3 nitrogen and oxygen atoms in total. The number of nitrogens with zero attached hydrogens (tertiary/aromatic N) is 3. The van der Waals surface area contributed by atoms with E-state index in [2.05, 4.69) is 24.4 Å². The zero-order valence-corrected chi connectivity index (χ0v) is 13.4. The van der Waals surface area contributed by atoms with E-state index in [1.54, 1.807) is 37.4 Å². The summed E-state index contributed by atoms with van der Waals surface area (Å²) in [6, 6.07) is 15.6. The molecular formula is C15H11ClN3Pt. The van der Waals surface area contributed by atoms with Crippen molar-refractivity contribution in [2.45, 2.75) is 0 Å². The van der Waals surface area contributed by atoms with Crippen LogP contribution in [-0.4, -0.2) is 15.0 Å². The van der Waals surface area contributed by atoms with Crippen molar-refractivity contribution >= 4 is 9.42 Å². The number of hydrogen-bond acceptors (Lipinski definition) is 3. The van der Waals surface area contributed by atoms with E-state index in [0.717, 1.165) is 22.6 Å². The monoisotopic (exact) mass is 463 g/mol. The first-order chi connectivity index (χ1) is 9.95. The van der Waals surface area contributed by atoms with Gasteiger partial charge in [-0.3, -0.25) is 15.0 Å². The van der Waals surface area contributed by atoms with E-state index in [0.29, 0.717) is 0 Å². The standard InChI is InChI=1S/C15H11N3.ClH.Pt/c1-3-9-16-13(7-1)12-6-5-11-18-15(12)14-8-2-4-10-17-14;;/h1-11H;1H;/q;;+1/p-1. The predicted molar refractivity (Wildman–Crippen MR) is 76.6 cm³/mol. The quantitative estimate of drug-likeness (QED) is 0.579. The van der Waals surface area contributed by atoms with Crippen LogP contribution in [0.25, 0.3) is 22.6 Å². The molecule has 0 aliphatic carbocycles. The summed E-state index contributed by atoms with van der Waals surface area (Å²) in [6.45, 7) is 0. The van der Waals surface area contributed by atoms with E-state index >= 15 is 0 Å². The van der Waals surface area contributed by atoms with Crippen LogP contribution in [0.1, 0.15) is 0 Å². The summed E-state index contributed by atoms with van der Waals surface area (Å²) < 4.78 is 0. The van der Waals surface area contributed by atoms with Gasteiger partial charge in [-0.05, 0) is 36.4 Å². The van der Waals surface area contributed by atoms with Gasteiger partial charge in [0.05, 0.1) is 17.1 Å². The largest absolute Gasteiger partial charge is 0.256 e. The maximum absolute atomic E-state index is 4.61. The molecule has 20 heavy (non-hydrogen) atoms. The number of halogens is 1. The molecule has 103 valence electrons. The smallest absolute Gasteiger partial charge is 0.0980 e. The van der Waals surface area contributed by atoms with Gasteiger partial charge in [-0.1, -0.05) is 12.1 Å². The van der Waals surface area contributed by atoms with Crippen LogP contribution < -0.4 is 0 Å². The summed E-state index contributed by atoms with van der Waals surface area (Å²) in [6.07, 6.45) is 5.33. The Morgan fingerprint density at radius 3 is 1.85 bits per heavy atom. The van der Waals surface area contributed by atoms with Crippen molar-refractivity contribution in [1.29, 1.82) is 0 Å². The first kappa shape index (κ1) is 14.8. The Balaban J connectivity index is 0.000000704. The first-order valence-corrected chi connectivity index (χ1v) is 8.66. The molecule has 0 atom stereocenters. The Morgan fingerprint density at radius 2 is 1.25 bits per heavy atom. The molecule has 3 aromatic rings. The van der Waals surface area contributed by atoms with Gasteiger partial charge in [0.2, 0.25) is 0 Å². The summed E-state index contributed by atoms with van der Waals surface area (Å²) in [5, 5.41) is 0. The molecule has 0 aromatic carbocycles. The second-order valence-electron chi connectivity index (χ2n) is 3.83. The summed E-state index contributed by atoms with van der Waals surface area (Å²) in [5.74, 6) is 0. The SMILES string of the molecule is [Cl][Pt].c1ccc(-c2cccnc2-c2ccccn2)nc1. The van der Waals surface area contributed by atoms with Crippen LogP contribution in [0.4, 0.5) is 0 Å². The molecule has 3 heterocycles. The molecule has 0 N–H and O–H groups in total. The second kappa shape index (κ2) is 7.88. The van der Waals surface area contributed by atoms with E-state index in [1.807, 2.05) is 48.5 Å². The number of rotatable bonds is 2. The zero-order valence-electron chi connectivity index (χ0n) is 10.4. The Bertz CT molecular complexity index is 589. The minimum absolute atomic E-state index is 0.858. The molecule has 0 bridgehead atoms. The van der Waals surface area contributed by atoms with Crippen LogP contribution in [-0.2, 0) is 18.8 Å². The first-order valence-electron chi connectivity index (χ1n) is 5.85. The molecule has 0 fully saturated rings. The average molecular weight is 464 g/mol. The van der Waals surface area contributed by atoms with Gasteiger partial charge in [0, 0.05) is 24.2 Å². The fourth-order valence-corrected chi connectivity index (χ4v) is 1.84. The summed E-state index contributed by atoms with van der Waals surface area (Å²) in [4.78, 5) is 13.1. The van der Waals surface area contributed by atoms with Gasteiger partial charge in [-0.15, -0.1) is 0 Å². The van der Waals surface area contributed by atoms with E-state index in [9.17, 15) is 0 Å². The molecule has 0 radical (unpaired) electrons. The number of hydrogen-bond donors (Lipinski definition) is 0. The van der Waals surface area contributed by atoms with Crippen molar-refractivity contribution in [1.82, 2.24) is 15.0 Å². The number of aromatic nitrogens is 3. The van der Waals surface area contributed by atoms with Crippen molar-refractivity contribution in [3.8, 4) is 22.6 Å². The molecule has 0 aliphatic rings. The maximum atomic E-state index is 4.61. The molecule has 0 saturated heterocycles. The molecule has 5 heteroatoms. The van der Waals surface area contributed by atoms with Crippen molar-refractivity contribution < 1.29 is 18.8 Å². The Labute approximate surface area is 132 Å². The van der Waals surface area contributed by atoms with Crippen molar-refractivity contribution in [2.75, 3.05) is 0 Å². The van der Waals surface area contributed by atoms with E-state index in [4.69, 9.17) is 0 Å². The van der Waals surface area contributed by atoms with Gasteiger partial charge in [-0.25, -0.2) is 0 Å². The van der Waals surface area contributed by atoms with Crippen molar-refractivity contribution in [3.05, 3.63) is 67.1 Å². The Hall–Kier alpha value is -1.57. The van der Waals surface area contributed by atoms with Crippen LogP contribution >= 0.6 is 9.42 Å². The molecule has 0 unspecified atom stereocenters. The molecule has 0 aliphatic heterocycles. The fraction of sp³-hybridized carbons (Fsp3) is 0. The van der Waals surface area contributed by atoms with Crippen LogP contribution in [0.5, 0.6) is 0 Å². The number of pyridine rings is 3. The van der Waals surface area contributed by atoms with Crippen molar-refractivity contribution in [3.63, 3.8) is 0 Å². The molecule has 3 rings (SSSR count). The van der Waals surface area contributed by atoms with E-state index in [1.165, 1.54) is 0 Å². The van der Waals surface area contributed by atoms with Gasteiger partial charge in [0.25, 0.3) is 0 Å². The molecule has 0 amide bonds.